The minimum Gasteiger partial charge on any atom is -0.464 e. The molecule has 0 aliphatic rings. The van der Waals surface area contributed by atoms with E-state index < -0.39 is 6.04 Å². The highest BCUT2D eigenvalue weighted by molar-refractivity contribution is 5.80. The van der Waals surface area contributed by atoms with Gasteiger partial charge in [0, 0.05) is 13.5 Å². The van der Waals surface area contributed by atoms with Crippen LogP contribution in [0.1, 0.15) is 24.5 Å². The number of benzene rings is 1. The summed E-state index contributed by atoms with van der Waals surface area (Å²) in [6, 6.07) is 10.6. The quantitative estimate of drug-likeness (QED) is 0.686. The van der Waals surface area contributed by atoms with Gasteiger partial charge in [0.05, 0.1) is 17.6 Å². The van der Waals surface area contributed by atoms with Gasteiger partial charge in [-0.25, -0.2) is 4.79 Å². The highest BCUT2D eigenvalue weighted by atomic mass is 16.5. The van der Waals surface area contributed by atoms with Crippen molar-refractivity contribution in [1.82, 2.24) is 14.9 Å². The van der Waals surface area contributed by atoms with Crippen LogP contribution in [0.4, 0.5) is 0 Å². The number of aromatic amines is 1. The lowest BCUT2D eigenvalue weighted by Crippen LogP contribution is -2.35. The van der Waals surface area contributed by atoms with Gasteiger partial charge in [0.1, 0.15) is 24.1 Å². The number of ether oxygens (including phenoxy) is 1. The van der Waals surface area contributed by atoms with Crippen LogP contribution in [0.3, 0.4) is 0 Å². The van der Waals surface area contributed by atoms with Crippen molar-refractivity contribution in [1.29, 1.82) is 0 Å². The van der Waals surface area contributed by atoms with Crippen molar-refractivity contribution in [3.8, 4) is 0 Å². The standard InChI is InChI=1S/C18H21N3O4/c1-3-12-8-9-16(25-12)14(11-24-2)19-17(22)10-21-15-7-5-4-6-13(15)20-18(21)23/h4-9,14H,3,10-11H2,1-2H3,(H,19,22)(H,20,23). The molecule has 0 radical (unpaired) electrons. The van der Waals surface area contributed by atoms with E-state index >= 15 is 0 Å². The molecule has 0 saturated carbocycles. The topological polar surface area (TPSA) is 89.3 Å². The molecule has 0 spiro atoms. The predicted octanol–water partition coefficient (Wildman–Crippen LogP) is 1.99. The number of carbonyl (C=O) groups is 1. The van der Waals surface area contributed by atoms with E-state index in [-0.39, 0.29) is 24.7 Å². The molecule has 0 aliphatic heterocycles. The third-order valence-corrected chi connectivity index (χ3v) is 4.03. The molecule has 2 N–H and O–H groups in total. The number of hydrogen-bond acceptors (Lipinski definition) is 4. The van der Waals surface area contributed by atoms with Crippen LogP contribution in [0.5, 0.6) is 0 Å². The lowest BCUT2D eigenvalue weighted by molar-refractivity contribution is -0.123. The van der Waals surface area contributed by atoms with Crippen LogP contribution in [0, 0.1) is 0 Å². The average Bonchev–Trinajstić information content (AvgIpc) is 3.20. The number of H-pyrrole nitrogens is 1. The summed E-state index contributed by atoms with van der Waals surface area (Å²) in [4.78, 5) is 27.3. The normalized spacial score (nSPS) is 12.4. The van der Waals surface area contributed by atoms with Crippen molar-refractivity contribution in [3.63, 3.8) is 0 Å². The number of rotatable bonds is 7. The minimum atomic E-state index is -0.404. The average molecular weight is 343 g/mol. The summed E-state index contributed by atoms with van der Waals surface area (Å²) >= 11 is 0. The number of fused-ring (bicyclic) bond motifs is 1. The number of para-hydroxylation sites is 2. The molecule has 1 unspecified atom stereocenters. The number of hydrogen-bond donors (Lipinski definition) is 2. The van der Waals surface area contributed by atoms with Gasteiger partial charge in [0.15, 0.2) is 0 Å². The number of nitrogens with zero attached hydrogens (tertiary/aromatic N) is 1. The van der Waals surface area contributed by atoms with Crippen molar-refractivity contribution >= 4 is 16.9 Å². The van der Waals surface area contributed by atoms with Crippen molar-refractivity contribution in [3.05, 3.63) is 58.4 Å². The van der Waals surface area contributed by atoms with Gasteiger partial charge in [-0.15, -0.1) is 0 Å². The third-order valence-electron chi connectivity index (χ3n) is 4.03. The fraction of sp³-hybridized carbons (Fsp3) is 0.333. The number of amides is 1. The highest BCUT2D eigenvalue weighted by Crippen LogP contribution is 2.18. The third kappa shape index (κ3) is 3.66. The molecular weight excluding hydrogens is 322 g/mol. The summed E-state index contributed by atoms with van der Waals surface area (Å²) in [5, 5.41) is 2.87. The van der Waals surface area contributed by atoms with Gasteiger partial charge in [0.25, 0.3) is 0 Å². The van der Waals surface area contributed by atoms with Crippen LogP contribution >= 0.6 is 0 Å². The Bertz CT molecular complexity index is 922. The maximum atomic E-state index is 12.5. The van der Waals surface area contributed by atoms with E-state index in [1.54, 1.807) is 19.2 Å². The largest absolute Gasteiger partial charge is 0.464 e. The van der Waals surface area contributed by atoms with Crippen LogP contribution in [0.15, 0.2) is 45.6 Å². The monoisotopic (exact) mass is 343 g/mol. The maximum absolute atomic E-state index is 12.5. The van der Waals surface area contributed by atoms with Gasteiger partial charge < -0.3 is 19.5 Å². The number of aromatic nitrogens is 2. The first kappa shape index (κ1) is 17.0. The van der Waals surface area contributed by atoms with Gasteiger partial charge in [-0.05, 0) is 24.3 Å². The van der Waals surface area contributed by atoms with Gasteiger partial charge in [0.2, 0.25) is 5.91 Å². The Balaban J connectivity index is 1.77. The molecule has 0 aliphatic carbocycles. The summed E-state index contributed by atoms with van der Waals surface area (Å²) in [6.45, 7) is 2.20. The summed E-state index contributed by atoms with van der Waals surface area (Å²) in [7, 11) is 1.56. The number of nitrogens with one attached hydrogen (secondary N) is 2. The lowest BCUT2D eigenvalue weighted by atomic mass is 10.2. The molecule has 7 nitrogen and oxygen atoms in total. The van der Waals surface area contributed by atoms with Crippen molar-refractivity contribution in [2.24, 2.45) is 0 Å². The van der Waals surface area contributed by atoms with E-state index in [9.17, 15) is 9.59 Å². The number of methoxy groups -OCH3 is 1. The Morgan fingerprint density at radius 2 is 2.12 bits per heavy atom. The molecule has 25 heavy (non-hydrogen) atoms. The maximum Gasteiger partial charge on any atom is 0.326 e. The van der Waals surface area contributed by atoms with E-state index in [0.29, 0.717) is 16.8 Å². The molecule has 3 rings (SSSR count). The Hall–Kier alpha value is -2.80. The first-order valence-electron chi connectivity index (χ1n) is 8.16. The van der Waals surface area contributed by atoms with Crippen LogP contribution < -0.4 is 11.0 Å². The molecular formula is C18H21N3O4. The van der Waals surface area contributed by atoms with E-state index in [1.807, 2.05) is 31.2 Å². The zero-order valence-corrected chi connectivity index (χ0v) is 14.2. The Morgan fingerprint density at radius 1 is 1.32 bits per heavy atom. The van der Waals surface area contributed by atoms with Crippen molar-refractivity contribution in [2.75, 3.05) is 13.7 Å². The highest BCUT2D eigenvalue weighted by Gasteiger charge is 2.19. The molecule has 1 aromatic carbocycles. The number of carbonyl (C=O) groups excluding carboxylic acids is 1. The minimum absolute atomic E-state index is 0.0790. The summed E-state index contributed by atoms with van der Waals surface area (Å²) in [5.74, 6) is 1.19. The second-order valence-corrected chi connectivity index (χ2v) is 5.77. The fourth-order valence-corrected chi connectivity index (χ4v) is 2.78. The van der Waals surface area contributed by atoms with E-state index in [0.717, 1.165) is 12.2 Å². The lowest BCUT2D eigenvalue weighted by Gasteiger charge is -2.16. The summed E-state index contributed by atoms with van der Waals surface area (Å²) in [6.07, 6.45) is 0.776. The van der Waals surface area contributed by atoms with Gasteiger partial charge >= 0.3 is 5.69 Å². The molecule has 132 valence electrons. The summed E-state index contributed by atoms with van der Waals surface area (Å²) < 4.78 is 12.3. The first-order valence-corrected chi connectivity index (χ1v) is 8.16. The molecule has 7 heteroatoms. The predicted molar refractivity (Wildman–Crippen MR) is 93.4 cm³/mol. The molecule has 2 aromatic heterocycles. The SMILES string of the molecule is CCc1ccc(C(COC)NC(=O)Cn2c(=O)[nH]c3ccccc32)o1. The zero-order chi connectivity index (χ0) is 17.8. The first-order chi connectivity index (χ1) is 12.1. The zero-order valence-electron chi connectivity index (χ0n) is 14.2. The molecule has 0 fully saturated rings. The van der Waals surface area contributed by atoms with E-state index in [2.05, 4.69) is 10.3 Å². The van der Waals surface area contributed by atoms with Crippen molar-refractivity contribution in [2.45, 2.75) is 25.9 Å². The summed E-state index contributed by atoms with van der Waals surface area (Å²) in [5.41, 5.74) is 1.08. The van der Waals surface area contributed by atoms with Gasteiger partial charge in [-0.1, -0.05) is 19.1 Å². The number of furan rings is 1. The Kier molecular flexibility index (Phi) is 5.04. The molecule has 0 bridgehead atoms. The number of aryl methyl sites for hydroxylation is 1. The van der Waals surface area contributed by atoms with Crippen molar-refractivity contribution < 1.29 is 13.9 Å². The van der Waals surface area contributed by atoms with Crippen LogP contribution in [0.25, 0.3) is 11.0 Å². The Morgan fingerprint density at radius 3 is 2.84 bits per heavy atom. The van der Waals surface area contributed by atoms with E-state index in [1.165, 1.54) is 4.57 Å². The molecule has 2 heterocycles. The molecule has 1 amide bonds. The van der Waals surface area contributed by atoms with E-state index in [4.69, 9.17) is 9.15 Å². The Labute approximate surface area is 144 Å². The molecule has 1 atom stereocenters. The van der Waals surface area contributed by atoms with Gasteiger partial charge in [-0.2, -0.15) is 0 Å². The smallest absolute Gasteiger partial charge is 0.326 e. The number of imidazole rings is 1. The molecule has 3 aromatic rings. The fourth-order valence-electron chi connectivity index (χ4n) is 2.78. The van der Waals surface area contributed by atoms with Gasteiger partial charge in [-0.3, -0.25) is 9.36 Å². The second kappa shape index (κ2) is 7.40. The van der Waals surface area contributed by atoms with Crippen LogP contribution in [-0.2, 0) is 22.5 Å². The van der Waals surface area contributed by atoms with Crippen LogP contribution in [0.2, 0.25) is 0 Å². The molecule has 0 saturated heterocycles. The van der Waals surface area contributed by atoms with Crippen LogP contribution in [-0.4, -0.2) is 29.2 Å². The second-order valence-electron chi connectivity index (χ2n) is 5.77.